The minimum atomic E-state index is -3.37. The Hall–Kier alpha value is -3.65. The molecule has 2 heterocycles. The van der Waals surface area contributed by atoms with Crippen molar-refractivity contribution in [1.29, 1.82) is 0 Å². The van der Waals surface area contributed by atoms with Crippen LogP contribution in [0.5, 0.6) is 11.5 Å². The van der Waals surface area contributed by atoms with Crippen LogP contribution in [-0.4, -0.2) is 25.6 Å². The van der Waals surface area contributed by atoms with Gasteiger partial charge in [0.25, 0.3) is 5.91 Å². The molecule has 0 spiro atoms. The van der Waals surface area contributed by atoms with Crippen LogP contribution in [-0.2, 0) is 15.6 Å². The maximum Gasteiger partial charge on any atom is 0.291 e. The first kappa shape index (κ1) is 20.6. The SMILES string of the molecule is Cc1cc(NC(=O)c2oc3ccccc3c2CS(C)(=O)=O)ccc1Oc1cccnc1. The Labute approximate surface area is 179 Å². The summed E-state index contributed by atoms with van der Waals surface area (Å²) in [4.78, 5) is 17.0. The first-order chi connectivity index (χ1) is 14.8. The number of hydrogen-bond acceptors (Lipinski definition) is 6. The van der Waals surface area contributed by atoms with Crippen LogP contribution in [0.1, 0.15) is 21.7 Å². The van der Waals surface area contributed by atoms with Crippen molar-refractivity contribution in [1.82, 2.24) is 4.98 Å². The topological polar surface area (TPSA) is 98.5 Å². The number of carbonyl (C=O) groups is 1. The number of aromatic nitrogens is 1. The molecule has 4 rings (SSSR count). The fraction of sp³-hybridized carbons (Fsp3) is 0.130. The number of pyridine rings is 1. The van der Waals surface area contributed by atoms with Crippen LogP contribution < -0.4 is 10.1 Å². The zero-order valence-corrected chi connectivity index (χ0v) is 17.8. The van der Waals surface area contributed by atoms with Crippen molar-refractivity contribution in [3.8, 4) is 11.5 Å². The number of furan rings is 1. The molecule has 2 aromatic heterocycles. The smallest absolute Gasteiger partial charge is 0.291 e. The van der Waals surface area contributed by atoms with Gasteiger partial charge in [-0.05, 0) is 48.9 Å². The summed E-state index contributed by atoms with van der Waals surface area (Å²) in [6, 6.07) is 15.8. The summed E-state index contributed by atoms with van der Waals surface area (Å²) < 4.78 is 35.3. The van der Waals surface area contributed by atoms with Crippen molar-refractivity contribution < 1.29 is 22.4 Å². The predicted molar refractivity (Wildman–Crippen MR) is 118 cm³/mol. The van der Waals surface area contributed by atoms with Gasteiger partial charge in [0.05, 0.1) is 11.9 Å². The number of ether oxygens (including phenoxy) is 1. The zero-order chi connectivity index (χ0) is 22.0. The molecule has 0 saturated carbocycles. The van der Waals surface area contributed by atoms with E-state index in [4.69, 9.17) is 9.15 Å². The minimum Gasteiger partial charge on any atom is -0.455 e. The Morgan fingerprint density at radius 3 is 2.65 bits per heavy atom. The molecular formula is C23H20N2O5S. The maximum absolute atomic E-state index is 12.9. The molecule has 2 aromatic carbocycles. The number of anilines is 1. The highest BCUT2D eigenvalue weighted by Crippen LogP contribution is 2.30. The van der Waals surface area contributed by atoms with E-state index in [1.54, 1.807) is 67.0 Å². The molecule has 158 valence electrons. The van der Waals surface area contributed by atoms with Crippen LogP contribution in [0.15, 0.2) is 71.4 Å². The predicted octanol–water partition coefficient (Wildman–Crippen LogP) is 4.73. The number of para-hydroxylation sites is 1. The number of aryl methyl sites for hydroxylation is 1. The molecule has 7 nitrogen and oxygen atoms in total. The first-order valence-corrected chi connectivity index (χ1v) is 11.5. The molecule has 0 aliphatic rings. The van der Waals surface area contributed by atoms with E-state index < -0.39 is 15.7 Å². The van der Waals surface area contributed by atoms with Crippen LogP contribution in [0.2, 0.25) is 0 Å². The largest absolute Gasteiger partial charge is 0.455 e. The van der Waals surface area contributed by atoms with Crippen LogP contribution in [0.4, 0.5) is 5.69 Å². The van der Waals surface area contributed by atoms with Crippen LogP contribution >= 0.6 is 0 Å². The number of hydrogen-bond donors (Lipinski definition) is 1. The van der Waals surface area contributed by atoms with E-state index in [1.807, 2.05) is 6.92 Å². The van der Waals surface area contributed by atoms with E-state index in [9.17, 15) is 13.2 Å². The molecule has 0 unspecified atom stereocenters. The third-order valence-electron chi connectivity index (χ3n) is 4.61. The summed E-state index contributed by atoms with van der Waals surface area (Å²) >= 11 is 0. The number of nitrogens with zero attached hydrogens (tertiary/aromatic N) is 1. The van der Waals surface area contributed by atoms with Gasteiger partial charge in [0.2, 0.25) is 0 Å². The highest BCUT2D eigenvalue weighted by atomic mass is 32.2. The third kappa shape index (κ3) is 4.75. The second-order valence-corrected chi connectivity index (χ2v) is 9.34. The fourth-order valence-corrected chi connectivity index (χ4v) is 4.06. The molecule has 0 saturated heterocycles. The molecule has 0 aliphatic carbocycles. The molecule has 1 N–H and O–H groups in total. The van der Waals surface area contributed by atoms with Gasteiger partial charge in [-0.1, -0.05) is 18.2 Å². The number of benzene rings is 2. The minimum absolute atomic E-state index is 0.0139. The van der Waals surface area contributed by atoms with Gasteiger partial charge >= 0.3 is 0 Å². The van der Waals surface area contributed by atoms with E-state index in [1.165, 1.54) is 0 Å². The Kier molecular flexibility index (Phi) is 5.48. The van der Waals surface area contributed by atoms with Gasteiger partial charge in [-0.15, -0.1) is 0 Å². The third-order valence-corrected chi connectivity index (χ3v) is 5.42. The van der Waals surface area contributed by atoms with Gasteiger partial charge in [0, 0.05) is 29.1 Å². The van der Waals surface area contributed by atoms with Gasteiger partial charge in [-0.2, -0.15) is 0 Å². The second-order valence-electron chi connectivity index (χ2n) is 7.20. The van der Waals surface area contributed by atoms with E-state index in [2.05, 4.69) is 10.3 Å². The number of sulfone groups is 1. The number of carbonyl (C=O) groups excluding carboxylic acids is 1. The van der Waals surface area contributed by atoms with Crippen molar-refractivity contribution in [3.63, 3.8) is 0 Å². The van der Waals surface area contributed by atoms with Crippen LogP contribution in [0.3, 0.4) is 0 Å². The van der Waals surface area contributed by atoms with E-state index in [0.29, 0.717) is 33.7 Å². The van der Waals surface area contributed by atoms with E-state index >= 15 is 0 Å². The zero-order valence-electron chi connectivity index (χ0n) is 17.0. The number of nitrogens with one attached hydrogen (secondary N) is 1. The molecule has 0 atom stereocenters. The fourth-order valence-electron chi connectivity index (χ4n) is 3.25. The molecule has 0 radical (unpaired) electrons. The van der Waals surface area contributed by atoms with Crippen molar-refractivity contribution in [2.24, 2.45) is 0 Å². The Morgan fingerprint density at radius 2 is 1.94 bits per heavy atom. The van der Waals surface area contributed by atoms with Crippen molar-refractivity contribution >= 4 is 32.4 Å². The lowest BCUT2D eigenvalue weighted by Crippen LogP contribution is -2.14. The molecule has 31 heavy (non-hydrogen) atoms. The average Bonchev–Trinajstić information content (AvgIpc) is 3.08. The summed E-state index contributed by atoms with van der Waals surface area (Å²) in [5.41, 5.74) is 2.15. The van der Waals surface area contributed by atoms with Crippen molar-refractivity contribution in [2.75, 3.05) is 11.6 Å². The highest BCUT2D eigenvalue weighted by Gasteiger charge is 2.23. The summed E-state index contributed by atoms with van der Waals surface area (Å²) in [7, 11) is -3.37. The Balaban J connectivity index is 1.60. The van der Waals surface area contributed by atoms with Gasteiger partial charge in [0.1, 0.15) is 17.1 Å². The van der Waals surface area contributed by atoms with Gasteiger partial charge in [-0.25, -0.2) is 8.42 Å². The molecule has 0 aliphatic heterocycles. The van der Waals surface area contributed by atoms with E-state index in [0.717, 1.165) is 11.8 Å². The average molecular weight is 436 g/mol. The number of rotatable bonds is 6. The van der Waals surface area contributed by atoms with Gasteiger partial charge < -0.3 is 14.5 Å². The summed E-state index contributed by atoms with van der Waals surface area (Å²) in [6.45, 7) is 1.86. The maximum atomic E-state index is 12.9. The summed E-state index contributed by atoms with van der Waals surface area (Å²) in [5, 5.41) is 3.39. The molecular weight excluding hydrogens is 416 g/mol. The second kappa shape index (κ2) is 8.23. The first-order valence-electron chi connectivity index (χ1n) is 9.48. The molecule has 8 heteroatoms. The van der Waals surface area contributed by atoms with Gasteiger partial charge in [0.15, 0.2) is 15.6 Å². The molecule has 4 aromatic rings. The highest BCUT2D eigenvalue weighted by molar-refractivity contribution is 7.89. The van der Waals surface area contributed by atoms with Crippen molar-refractivity contribution in [2.45, 2.75) is 12.7 Å². The Bertz CT molecular complexity index is 1360. The standard InChI is InChI=1S/C23H20N2O5S/c1-15-12-16(9-10-20(15)29-17-6-5-11-24-13-17)25-23(26)22-19(14-31(2,27)28)18-7-3-4-8-21(18)30-22/h3-13H,14H2,1-2H3,(H,25,26). The molecule has 1 amide bonds. The summed E-state index contributed by atoms with van der Waals surface area (Å²) in [6.07, 6.45) is 4.40. The van der Waals surface area contributed by atoms with Gasteiger partial charge in [-0.3, -0.25) is 9.78 Å². The van der Waals surface area contributed by atoms with Crippen LogP contribution in [0.25, 0.3) is 11.0 Å². The van der Waals surface area contributed by atoms with Crippen LogP contribution in [0, 0.1) is 6.92 Å². The lowest BCUT2D eigenvalue weighted by atomic mass is 10.1. The lowest BCUT2D eigenvalue weighted by Gasteiger charge is -2.11. The molecule has 0 bridgehead atoms. The normalized spacial score (nSPS) is 11.4. The lowest BCUT2D eigenvalue weighted by molar-refractivity contribution is 0.0998. The Morgan fingerprint density at radius 1 is 1.13 bits per heavy atom. The molecule has 0 fully saturated rings. The monoisotopic (exact) mass is 436 g/mol. The van der Waals surface area contributed by atoms with E-state index in [-0.39, 0.29) is 11.5 Å². The number of fused-ring (bicyclic) bond motifs is 1. The van der Waals surface area contributed by atoms with Crippen molar-refractivity contribution in [3.05, 3.63) is 83.9 Å². The quantitative estimate of drug-likeness (QED) is 0.469. The number of amides is 1. The summed E-state index contributed by atoms with van der Waals surface area (Å²) in [5.74, 6) is 0.418.